The molecule has 0 spiro atoms. The molecule has 0 saturated carbocycles. The van der Waals surface area contributed by atoms with Gasteiger partial charge in [0, 0.05) is 43.0 Å². The Morgan fingerprint density at radius 3 is 3.05 bits per heavy atom. The van der Waals surface area contributed by atoms with E-state index in [4.69, 9.17) is 10.5 Å². The lowest BCUT2D eigenvalue weighted by molar-refractivity contribution is 0.0953. The van der Waals surface area contributed by atoms with Crippen LogP contribution in [-0.4, -0.2) is 31.2 Å². The summed E-state index contributed by atoms with van der Waals surface area (Å²) in [7, 11) is 1.68. The maximum atomic E-state index is 12.0. The Kier molecular flexibility index (Phi) is 4.41. The summed E-state index contributed by atoms with van der Waals surface area (Å²) in [5.41, 5.74) is 7.92. The van der Waals surface area contributed by atoms with Gasteiger partial charge in [0.25, 0.3) is 5.91 Å². The van der Waals surface area contributed by atoms with Crippen molar-refractivity contribution in [3.05, 3.63) is 30.0 Å². The van der Waals surface area contributed by atoms with Crippen molar-refractivity contribution in [2.75, 3.05) is 26.0 Å². The first kappa shape index (κ1) is 13.4. The SMILES string of the molecule is COCCCCNC(=O)c1c[nH]c2cc(N)ccc12. The number of unbranched alkanes of at least 4 members (excludes halogenated alkanes) is 1. The molecule has 5 nitrogen and oxygen atoms in total. The minimum atomic E-state index is -0.0616. The third kappa shape index (κ3) is 3.26. The van der Waals surface area contributed by atoms with Gasteiger partial charge >= 0.3 is 0 Å². The van der Waals surface area contributed by atoms with Crippen LogP contribution in [0, 0.1) is 0 Å². The van der Waals surface area contributed by atoms with E-state index in [9.17, 15) is 4.79 Å². The molecule has 1 heterocycles. The number of fused-ring (bicyclic) bond motifs is 1. The topological polar surface area (TPSA) is 80.1 Å². The van der Waals surface area contributed by atoms with Crippen molar-refractivity contribution in [2.24, 2.45) is 0 Å². The second-order valence-corrected chi connectivity index (χ2v) is 4.46. The van der Waals surface area contributed by atoms with E-state index in [1.165, 1.54) is 0 Å². The van der Waals surface area contributed by atoms with Crippen LogP contribution in [0.3, 0.4) is 0 Å². The zero-order chi connectivity index (χ0) is 13.7. The molecule has 19 heavy (non-hydrogen) atoms. The summed E-state index contributed by atoms with van der Waals surface area (Å²) in [5, 5.41) is 3.80. The molecule has 0 aliphatic heterocycles. The number of nitrogens with two attached hydrogens (primary N) is 1. The van der Waals surface area contributed by atoms with E-state index in [1.54, 1.807) is 19.4 Å². The molecule has 0 bridgehead atoms. The van der Waals surface area contributed by atoms with E-state index >= 15 is 0 Å². The Bertz CT molecular complexity index is 563. The van der Waals surface area contributed by atoms with E-state index in [0.29, 0.717) is 17.8 Å². The molecular formula is C14H19N3O2. The molecule has 0 saturated heterocycles. The lowest BCUT2D eigenvalue weighted by Gasteiger charge is -2.04. The average molecular weight is 261 g/mol. The van der Waals surface area contributed by atoms with Crippen molar-refractivity contribution >= 4 is 22.5 Å². The molecule has 4 N–H and O–H groups in total. The van der Waals surface area contributed by atoms with Crippen LogP contribution in [0.5, 0.6) is 0 Å². The quantitative estimate of drug-likeness (QED) is 0.549. The number of carbonyl (C=O) groups is 1. The number of rotatable bonds is 6. The van der Waals surface area contributed by atoms with Gasteiger partial charge in [0.1, 0.15) is 0 Å². The van der Waals surface area contributed by atoms with E-state index in [0.717, 1.165) is 30.4 Å². The zero-order valence-corrected chi connectivity index (χ0v) is 11.0. The minimum Gasteiger partial charge on any atom is -0.399 e. The van der Waals surface area contributed by atoms with Gasteiger partial charge < -0.3 is 20.8 Å². The monoisotopic (exact) mass is 261 g/mol. The standard InChI is InChI=1S/C14H19N3O2/c1-19-7-3-2-6-16-14(18)12-9-17-13-8-10(15)4-5-11(12)13/h4-5,8-9,17H,2-3,6-7,15H2,1H3,(H,16,18). The third-order valence-electron chi connectivity index (χ3n) is 3.01. The number of amides is 1. The van der Waals surface area contributed by atoms with Gasteiger partial charge in [0.05, 0.1) is 5.56 Å². The number of H-pyrrole nitrogens is 1. The number of hydrogen-bond donors (Lipinski definition) is 3. The Labute approximate surface area is 112 Å². The number of anilines is 1. The van der Waals surface area contributed by atoms with Crippen LogP contribution in [0.1, 0.15) is 23.2 Å². The lowest BCUT2D eigenvalue weighted by Crippen LogP contribution is -2.24. The van der Waals surface area contributed by atoms with Gasteiger partial charge in [-0.1, -0.05) is 0 Å². The van der Waals surface area contributed by atoms with E-state index in [1.807, 2.05) is 12.1 Å². The van der Waals surface area contributed by atoms with E-state index < -0.39 is 0 Å². The summed E-state index contributed by atoms with van der Waals surface area (Å²) >= 11 is 0. The fourth-order valence-corrected chi connectivity index (χ4v) is 2.00. The first-order chi connectivity index (χ1) is 9.22. The number of nitrogen functional groups attached to an aromatic ring is 1. The fraction of sp³-hybridized carbons (Fsp3) is 0.357. The van der Waals surface area contributed by atoms with Gasteiger partial charge in [0.2, 0.25) is 0 Å². The molecule has 102 valence electrons. The molecule has 1 amide bonds. The highest BCUT2D eigenvalue weighted by Gasteiger charge is 2.11. The number of aromatic nitrogens is 1. The molecule has 1 aromatic carbocycles. The molecule has 1 aromatic heterocycles. The molecular weight excluding hydrogens is 242 g/mol. The van der Waals surface area contributed by atoms with Crippen LogP contribution in [-0.2, 0) is 4.74 Å². The zero-order valence-electron chi connectivity index (χ0n) is 11.0. The molecule has 0 aliphatic rings. The van der Waals surface area contributed by atoms with Gasteiger partial charge in [-0.25, -0.2) is 0 Å². The molecule has 2 aromatic rings. The van der Waals surface area contributed by atoms with E-state index in [2.05, 4.69) is 10.3 Å². The molecule has 0 fully saturated rings. The highest BCUT2D eigenvalue weighted by atomic mass is 16.5. The lowest BCUT2D eigenvalue weighted by atomic mass is 10.1. The number of nitrogens with one attached hydrogen (secondary N) is 2. The van der Waals surface area contributed by atoms with Crippen LogP contribution in [0.15, 0.2) is 24.4 Å². The normalized spacial score (nSPS) is 10.8. The summed E-state index contributed by atoms with van der Waals surface area (Å²) in [6, 6.07) is 5.48. The number of methoxy groups -OCH3 is 1. The Morgan fingerprint density at radius 1 is 1.42 bits per heavy atom. The largest absolute Gasteiger partial charge is 0.399 e. The van der Waals surface area contributed by atoms with Crippen LogP contribution in [0.4, 0.5) is 5.69 Å². The van der Waals surface area contributed by atoms with Crippen molar-refractivity contribution in [3.8, 4) is 0 Å². The number of aromatic amines is 1. The minimum absolute atomic E-state index is 0.0616. The van der Waals surface area contributed by atoms with Gasteiger partial charge in [-0.15, -0.1) is 0 Å². The predicted molar refractivity (Wildman–Crippen MR) is 76.2 cm³/mol. The third-order valence-corrected chi connectivity index (χ3v) is 3.01. The molecule has 0 atom stereocenters. The summed E-state index contributed by atoms with van der Waals surface area (Å²) in [5.74, 6) is -0.0616. The molecule has 2 rings (SSSR count). The van der Waals surface area contributed by atoms with Gasteiger partial charge in [-0.3, -0.25) is 4.79 Å². The van der Waals surface area contributed by atoms with Gasteiger partial charge in [-0.05, 0) is 31.0 Å². The molecule has 0 radical (unpaired) electrons. The Hall–Kier alpha value is -2.01. The van der Waals surface area contributed by atoms with Crippen molar-refractivity contribution in [1.29, 1.82) is 0 Å². The van der Waals surface area contributed by atoms with Crippen LogP contribution >= 0.6 is 0 Å². The van der Waals surface area contributed by atoms with Crippen LogP contribution < -0.4 is 11.1 Å². The number of benzene rings is 1. The summed E-state index contributed by atoms with van der Waals surface area (Å²) < 4.78 is 4.96. The molecule has 0 unspecified atom stereocenters. The van der Waals surface area contributed by atoms with Crippen molar-refractivity contribution in [2.45, 2.75) is 12.8 Å². The highest BCUT2D eigenvalue weighted by Crippen LogP contribution is 2.20. The van der Waals surface area contributed by atoms with Crippen molar-refractivity contribution < 1.29 is 9.53 Å². The average Bonchev–Trinajstić information content (AvgIpc) is 2.81. The highest BCUT2D eigenvalue weighted by molar-refractivity contribution is 6.07. The molecule has 5 heteroatoms. The maximum absolute atomic E-state index is 12.0. The predicted octanol–water partition coefficient (Wildman–Crippen LogP) is 1.91. The summed E-state index contributed by atoms with van der Waals surface area (Å²) in [4.78, 5) is 15.1. The van der Waals surface area contributed by atoms with Crippen LogP contribution in [0.2, 0.25) is 0 Å². The first-order valence-corrected chi connectivity index (χ1v) is 6.36. The summed E-state index contributed by atoms with van der Waals surface area (Å²) in [6.07, 6.45) is 3.57. The summed E-state index contributed by atoms with van der Waals surface area (Å²) in [6.45, 7) is 1.38. The number of ether oxygens (including phenoxy) is 1. The smallest absolute Gasteiger partial charge is 0.253 e. The fourth-order valence-electron chi connectivity index (χ4n) is 2.00. The Morgan fingerprint density at radius 2 is 2.26 bits per heavy atom. The van der Waals surface area contributed by atoms with Crippen molar-refractivity contribution in [3.63, 3.8) is 0 Å². The first-order valence-electron chi connectivity index (χ1n) is 6.36. The molecule has 0 aliphatic carbocycles. The number of carbonyl (C=O) groups excluding carboxylic acids is 1. The second-order valence-electron chi connectivity index (χ2n) is 4.46. The van der Waals surface area contributed by atoms with Crippen molar-refractivity contribution in [1.82, 2.24) is 10.3 Å². The van der Waals surface area contributed by atoms with Gasteiger partial charge in [0.15, 0.2) is 0 Å². The van der Waals surface area contributed by atoms with E-state index in [-0.39, 0.29) is 5.91 Å². The van der Waals surface area contributed by atoms with Gasteiger partial charge in [-0.2, -0.15) is 0 Å². The Balaban J connectivity index is 1.97. The van der Waals surface area contributed by atoms with Crippen LogP contribution in [0.25, 0.3) is 10.9 Å². The maximum Gasteiger partial charge on any atom is 0.253 e. The number of hydrogen-bond acceptors (Lipinski definition) is 3. The second kappa shape index (κ2) is 6.24.